The van der Waals surface area contributed by atoms with Crippen molar-refractivity contribution in [3.05, 3.63) is 28.8 Å². The predicted molar refractivity (Wildman–Crippen MR) is 68.0 cm³/mol. The van der Waals surface area contributed by atoms with Crippen molar-refractivity contribution in [2.24, 2.45) is 5.73 Å². The Morgan fingerprint density at radius 1 is 1.44 bits per heavy atom. The smallest absolute Gasteiger partial charge is 0.120 e. The van der Waals surface area contributed by atoms with E-state index in [1.807, 2.05) is 18.2 Å². The molecule has 1 aromatic carbocycles. The molecule has 0 atom stereocenters. The molecule has 1 rings (SSSR count). The molecule has 0 saturated heterocycles. The fourth-order valence-corrected chi connectivity index (χ4v) is 1.74. The summed E-state index contributed by atoms with van der Waals surface area (Å²) in [6.45, 7) is 2.54. The van der Waals surface area contributed by atoms with Crippen molar-refractivity contribution >= 4 is 11.6 Å². The SMILES string of the molecule is COc1ccc(CN(C)CCCN)c(Cl)c1. The second kappa shape index (κ2) is 6.74. The van der Waals surface area contributed by atoms with Crippen LogP contribution in [0.4, 0.5) is 0 Å². The maximum Gasteiger partial charge on any atom is 0.120 e. The van der Waals surface area contributed by atoms with Crippen LogP contribution in [0.15, 0.2) is 18.2 Å². The Labute approximate surface area is 102 Å². The molecule has 0 spiro atoms. The van der Waals surface area contributed by atoms with Crippen molar-refractivity contribution in [1.82, 2.24) is 4.90 Å². The molecule has 0 aliphatic rings. The Bertz CT molecular complexity index is 331. The van der Waals surface area contributed by atoms with E-state index >= 15 is 0 Å². The summed E-state index contributed by atoms with van der Waals surface area (Å²) in [4.78, 5) is 2.21. The number of hydrogen-bond acceptors (Lipinski definition) is 3. The third-order valence-corrected chi connectivity index (χ3v) is 2.80. The minimum atomic E-state index is 0.723. The molecule has 0 radical (unpaired) electrons. The highest BCUT2D eigenvalue weighted by molar-refractivity contribution is 6.31. The van der Waals surface area contributed by atoms with Crippen LogP contribution in [-0.4, -0.2) is 32.1 Å². The number of benzene rings is 1. The van der Waals surface area contributed by atoms with Gasteiger partial charge >= 0.3 is 0 Å². The number of halogens is 1. The molecule has 0 unspecified atom stereocenters. The molecular formula is C12H19ClN2O. The first-order valence-corrected chi connectivity index (χ1v) is 5.76. The van der Waals surface area contributed by atoms with Crippen molar-refractivity contribution in [3.63, 3.8) is 0 Å². The summed E-state index contributed by atoms with van der Waals surface area (Å²) >= 11 is 6.15. The number of rotatable bonds is 6. The lowest BCUT2D eigenvalue weighted by Crippen LogP contribution is -2.21. The predicted octanol–water partition coefficient (Wildman–Crippen LogP) is 2.13. The van der Waals surface area contributed by atoms with E-state index in [-0.39, 0.29) is 0 Å². The van der Waals surface area contributed by atoms with Crippen LogP contribution in [-0.2, 0) is 6.54 Å². The highest BCUT2D eigenvalue weighted by Gasteiger charge is 2.05. The molecule has 2 N–H and O–H groups in total. The quantitative estimate of drug-likeness (QED) is 0.831. The van der Waals surface area contributed by atoms with Gasteiger partial charge in [0.2, 0.25) is 0 Å². The molecule has 0 amide bonds. The third-order valence-electron chi connectivity index (χ3n) is 2.44. The Balaban J connectivity index is 2.59. The van der Waals surface area contributed by atoms with Gasteiger partial charge in [0.25, 0.3) is 0 Å². The van der Waals surface area contributed by atoms with Gasteiger partial charge in [0, 0.05) is 11.6 Å². The molecule has 0 heterocycles. The van der Waals surface area contributed by atoms with Crippen LogP contribution in [0, 0.1) is 0 Å². The van der Waals surface area contributed by atoms with E-state index in [1.165, 1.54) is 0 Å². The minimum Gasteiger partial charge on any atom is -0.497 e. The first-order chi connectivity index (χ1) is 7.67. The van der Waals surface area contributed by atoms with Crippen LogP contribution in [0.2, 0.25) is 5.02 Å². The lowest BCUT2D eigenvalue weighted by molar-refractivity contribution is 0.324. The fraction of sp³-hybridized carbons (Fsp3) is 0.500. The van der Waals surface area contributed by atoms with Crippen molar-refractivity contribution in [3.8, 4) is 5.75 Å². The molecule has 90 valence electrons. The highest BCUT2D eigenvalue weighted by Crippen LogP contribution is 2.23. The Morgan fingerprint density at radius 3 is 2.75 bits per heavy atom. The van der Waals surface area contributed by atoms with E-state index in [1.54, 1.807) is 7.11 Å². The van der Waals surface area contributed by atoms with E-state index in [0.717, 1.165) is 42.4 Å². The first-order valence-electron chi connectivity index (χ1n) is 5.38. The van der Waals surface area contributed by atoms with Gasteiger partial charge in [-0.15, -0.1) is 0 Å². The van der Waals surface area contributed by atoms with E-state index < -0.39 is 0 Å². The average molecular weight is 243 g/mol. The zero-order chi connectivity index (χ0) is 12.0. The van der Waals surface area contributed by atoms with Gasteiger partial charge in [-0.2, -0.15) is 0 Å². The molecule has 1 aromatic rings. The molecule has 4 heteroatoms. The summed E-state index contributed by atoms with van der Waals surface area (Å²) in [5.41, 5.74) is 6.58. The Hall–Kier alpha value is -0.770. The van der Waals surface area contributed by atoms with Crippen molar-refractivity contribution in [1.29, 1.82) is 0 Å². The fourth-order valence-electron chi connectivity index (χ4n) is 1.51. The lowest BCUT2D eigenvalue weighted by atomic mass is 10.2. The summed E-state index contributed by atoms with van der Waals surface area (Å²) in [5, 5.41) is 0.749. The normalized spacial score (nSPS) is 10.8. The molecule has 0 aliphatic heterocycles. The largest absolute Gasteiger partial charge is 0.497 e. The number of nitrogens with two attached hydrogens (primary N) is 1. The molecule has 16 heavy (non-hydrogen) atoms. The molecule has 0 fully saturated rings. The summed E-state index contributed by atoms with van der Waals surface area (Å²) in [6, 6.07) is 5.77. The van der Waals surface area contributed by atoms with Gasteiger partial charge in [-0.3, -0.25) is 0 Å². The van der Waals surface area contributed by atoms with Gasteiger partial charge in [-0.25, -0.2) is 0 Å². The van der Waals surface area contributed by atoms with Crippen LogP contribution in [0.1, 0.15) is 12.0 Å². The number of ether oxygens (including phenoxy) is 1. The van der Waals surface area contributed by atoms with Gasteiger partial charge in [-0.05, 0) is 44.3 Å². The third kappa shape index (κ3) is 4.00. The van der Waals surface area contributed by atoms with E-state index in [4.69, 9.17) is 22.1 Å². The summed E-state index contributed by atoms with van der Waals surface area (Å²) < 4.78 is 5.11. The molecular weight excluding hydrogens is 224 g/mol. The second-order valence-electron chi connectivity index (χ2n) is 3.84. The zero-order valence-electron chi connectivity index (χ0n) is 9.87. The van der Waals surface area contributed by atoms with Crippen LogP contribution < -0.4 is 10.5 Å². The molecule has 0 aromatic heterocycles. The minimum absolute atomic E-state index is 0.723. The molecule has 0 aliphatic carbocycles. The lowest BCUT2D eigenvalue weighted by Gasteiger charge is -2.17. The molecule has 0 bridgehead atoms. The van der Waals surface area contributed by atoms with Crippen molar-refractivity contribution in [2.45, 2.75) is 13.0 Å². The van der Waals surface area contributed by atoms with Crippen molar-refractivity contribution in [2.75, 3.05) is 27.2 Å². The average Bonchev–Trinajstić information content (AvgIpc) is 2.29. The number of hydrogen-bond donors (Lipinski definition) is 1. The van der Waals surface area contributed by atoms with Gasteiger partial charge in [0.05, 0.1) is 7.11 Å². The van der Waals surface area contributed by atoms with E-state index in [2.05, 4.69) is 11.9 Å². The highest BCUT2D eigenvalue weighted by atomic mass is 35.5. The molecule has 3 nitrogen and oxygen atoms in total. The van der Waals surface area contributed by atoms with Gasteiger partial charge < -0.3 is 15.4 Å². The first kappa shape index (κ1) is 13.3. The van der Waals surface area contributed by atoms with Gasteiger partial charge in [0.1, 0.15) is 5.75 Å². The van der Waals surface area contributed by atoms with Crippen LogP contribution >= 0.6 is 11.6 Å². The Morgan fingerprint density at radius 2 is 2.19 bits per heavy atom. The van der Waals surface area contributed by atoms with Gasteiger partial charge in [-0.1, -0.05) is 17.7 Å². The topological polar surface area (TPSA) is 38.5 Å². The summed E-state index contributed by atoms with van der Waals surface area (Å²) in [6.07, 6.45) is 1.00. The van der Waals surface area contributed by atoms with E-state index in [0.29, 0.717) is 0 Å². The zero-order valence-corrected chi connectivity index (χ0v) is 10.6. The van der Waals surface area contributed by atoms with E-state index in [9.17, 15) is 0 Å². The number of nitrogens with zero attached hydrogens (tertiary/aromatic N) is 1. The van der Waals surface area contributed by atoms with Crippen molar-refractivity contribution < 1.29 is 4.74 Å². The maximum atomic E-state index is 6.15. The maximum absolute atomic E-state index is 6.15. The second-order valence-corrected chi connectivity index (χ2v) is 4.24. The van der Waals surface area contributed by atoms with Gasteiger partial charge in [0.15, 0.2) is 0 Å². The van der Waals surface area contributed by atoms with Crippen LogP contribution in [0.5, 0.6) is 5.75 Å². The summed E-state index contributed by atoms with van der Waals surface area (Å²) in [5.74, 6) is 0.790. The number of methoxy groups -OCH3 is 1. The molecule has 0 saturated carbocycles. The Kier molecular flexibility index (Phi) is 5.60. The van der Waals surface area contributed by atoms with Crippen LogP contribution in [0.3, 0.4) is 0 Å². The van der Waals surface area contributed by atoms with Crippen LogP contribution in [0.25, 0.3) is 0 Å². The monoisotopic (exact) mass is 242 g/mol. The summed E-state index contributed by atoms with van der Waals surface area (Å²) in [7, 11) is 3.70. The standard InChI is InChI=1S/C12H19ClN2O/c1-15(7-3-6-14)9-10-4-5-11(16-2)8-12(10)13/h4-5,8H,3,6-7,9,14H2,1-2H3.